The van der Waals surface area contributed by atoms with Crippen LogP contribution in [-0.4, -0.2) is 5.97 Å². The summed E-state index contributed by atoms with van der Waals surface area (Å²) in [6.07, 6.45) is 0.780. The van der Waals surface area contributed by atoms with Crippen LogP contribution in [0.15, 0.2) is 24.3 Å². The molecule has 2 nitrogen and oxygen atoms in total. The molecule has 0 saturated carbocycles. The number of carbonyl (C=O) groups is 1. The van der Waals surface area contributed by atoms with Gasteiger partial charge in [0.1, 0.15) is 5.75 Å². The molecular weight excluding hydrogens is 296 g/mol. The molecule has 1 aromatic rings. The molecule has 24 heavy (non-hydrogen) atoms. The summed E-state index contributed by atoms with van der Waals surface area (Å²) in [4.78, 5) is 13.0. The van der Waals surface area contributed by atoms with Crippen molar-refractivity contribution in [1.82, 2.24) is 0 Å². The van der Waals surface area contributed by atoms with Gasteiger partial charge in [0, 0.05) is 0 Å². The van der Waals surface area contributed by atoms with Crippen LogP contribution in [0.3, 0.4) is 0 Å². The number of benzene rings is 1. The van der Waals surface area contributed by atoms with Gasteiger partial charge in [-0.15, -0.1) is 0 Å². The normalized spacial score (nSPS) is 15.8. The third kappa shape index (κ3) is 5.09. The number of hydrogen-bond acceptors (Lipinski definition) is 2. The first kappa shape index (κ1) is 20.7. The predicted molar refractivity (Wildman–Crippen MR) is 102 cm³/mol. The van der Waals surface area contributed by atoms with Gasteiger partial charge in [0.2, 0.25) is 0 Å². The van der Waals surface area contributed by atoms with E-state index < -0.39 is 5.41 Å². The molecule has 1 atom stereocenters. The maximum Gasteiger partial charge on any atom is 0.317 e. The first-order valence-electron chi connectivity index (χ1n) is 8.89. The molecule has 0 radical (unpaired) electrons. The minimum Gasteiger partial charge on any atom is -0.426 e. The molecule has 0 N–H and O–H groups in total. The van der Waals surface area contributed by atoms with Crippen LogP contribution in [0.4, 0.5) is 0 Å². The molecule has 0 aliphatic rings. The number of rotatable bonds is 3. The topological polar surface area (TPSA) is 26.3 Å². The van der Waals surface area contributed by atoms with Crippen molar-refractivity contribution in [3.63, 3.8) is 0 Å². The molecule has 0 aliphatic carbocycles. The molecule has 0 aromatic heterocycles. The van der Waals surface area contributed by atoms with Crippen molar-refractivity contribution >= 4 is 5.97 Å². The zero-order valence-corrected chi connectivity index (χ0v) is 17.3. The SMILES string of the molecule is CC(C)(C)CC(C)(C(=O)Oc1ccc(C(C)(C)C)cc1)C(C)(C)C. The predicted octanol–water partition coefficient (Wildman–Crippen LogP) is 6.38. The highest BCUT2D eigenvalue weighted by Gasteiger charge is 2.47. The van der Waals surface area contributed by atoms with Crippen LogP contribution in [0.2, 0.25) is 0 Å². The molecule has 0 bridgehead atoms. The Labute approximate surface area is 149 Å². The second-order valence-electron chi connectivity index (χ2n) is 10.5. The van der Waals surface area contributed by atoms with Gasteiger partial charge in [0.05, 0.1) is 5.41 Å². The minimum atomic E-state index is -0.548. The molecular formula is C22H36O2. The standard InChI is InChI=1S/C22H36O2/c1-19(2,3)15-22(10,21(7,8)9)18(23)24-17-13-11-16(12-14-17)20(4,5)6/h11-14H,15H2,1-10H3. The summed E-state index contributed by atoms with van der Waals surface area (Å²) in [7, 11) is 0. The van der Waals surface area contributed by atoms with Gasteiger partial charge < -0.3 is 4.74 Å². The highest BCUT2D eigenvalue weighted by Crippen LogP contribution is 2.47. The van der Waals surface area contributed by atoms with Crippen LogP contribution >= 0.6 is 0 Å². The van der Waals surface area contributed by atoms with Gasteiger partial charge in [0.15, 0.2) is 0 Å². The van der Waals surface area contributed by atoms with E-state index in [2.05, 4.69) is 62.3 Å². The lowest BCUT2D eigenvalue weighted by molar-refractivity contribution is -0.154. The highest BCUT2D eigenvalue weighted by molar-refractivity contribution is 5.79. The second kappa shape index (κ2) is 6.54. The summed E-state index contributed by atoms with van der Waals surface area (Å²) in [6, 6.07) is 7.89. The lowest BCUT2D eigenvalue weighted by Crippen LogP contribution is -2.45. The highest BCUT2D eigenvalue weighted by atomic mass is 16.5. The Bertz CT molecular complexity index is 562. The van der Waals surface area contributed by atoms with Gasteiger partial charge in [0.25, 0.3) is 0 Å². The molecule has 2 heteroatoms. The molecule has 1 aromatic carbocycles. The summed E-state index contributed by atoms with van der Waals surface area (Å²) in [5.74, 6) is 0.478. The van der Waals surface area contributed by atoms with E-state index in [1.807, 2.05) is 31.2 Å². The van der Waals surface area contributed by atoms with Crippen molar-refractivity contribution in [2.24, 2.45) is 16.2 Å². The maximum absolute atomic E-state index is 13.0. The van der Waals surface area contributed by atoms with Gasteiger partial charge in [-0.25, -0.2) is 0 Å². The zero-order valence-electron chi connectivity index (χ0n) is 17.3. The van der Waals surface area contributed by atoms with Crippen molar-refractivity contribution in [2.75, 3.05) is 0 Å². The summed E-state index contributed by atoms with van der Waals surface area (Å²) in [6.45, 7) is 21.4. The lowest BCUT2D eigenvalue weighted by Gasteiger charge is -2.43. The van der Waals surface area contributed by atoms with Crippen molar-refractivity contribution in [2.45, 2.75) is 81.1 Å². The Hall–Kier alpha value is -1.31. The van der Waals surface area contributed by atoms with E-state index >= 15 is 0 Å². The van der Waals surface area contributed by atoms with Crippen molar-refractivity contribution in [3.05, 3.63) is 29.8 Å². The Morgan fingerprint density at radius 3 is 1.62 bits per heavy atom. The van der Waals surface area contributed by atoms with Gasteiger partial charge in [-0.2, -0.15) is 0 Å². The number of hydrogen-bond donors (Lipinski definition) is 0. The molecule has 0 spiro atoms. The van der Waals surface area contributed by atoms with Crippen LogP contribution in [0, 0.1) is 16.2 Å². The molecule has 0 heterocycles. The van der Waals surface area contributed by atoms with E-state index in [-0.39, 0.29) is 22.2 Å². The van der Waals surface area contributed by atoms with Gasteiger partial charge in [-0.05, 0) is 47.3 Å². The molecule has 0 fully saturated rings. The summed E-state index contributed by atoms with van der Waals surface area (Å²) in [5.41, 5.74) is 0.651. The van der Waals surface area contributed by atoms with Gasteiger partial charge in [-0.3, -0.25) is 4.79 Å². The van der Waals surface area contributed by atoms with E-state index in [1.54, 1.807) is 0 Å². The van der Waals surface area contributed by atoms with Gasteiger partial charge >= 0.3 is 5.97 Å². The van der Waals surface area contributed by atoms with E-state index in [0.29, 0.717) is 5.75 Å². The van der Waals surface area contributed by atoms with E-state index in [9.17, 15) is 4.79 Å². The Morgan fingerprint density at radius 1 is 0.833 bits per heavy atom. The van der Waals surface area contributed by atoms with Crippen molar-refractivity contribution < 1.29 is 9.53 Å². The summed E-state index contributed by atoms with van der Waals surface area (Å²) >= 11 is 0. The minimum absolute atomic E-state index is 0.0527. The Morgan fingerprint density at radius 2 is 1.29 bits per heavy atom. The largest absolute Gasteiger partial charge is 0.426 e. The van der Waals surface area contributed by atoms with Crippen molar-refractivity contribution in [3.8, 4) is 5.75 Å². The Kier molecular flexibility index (Phi) is 5.65. The number of esters is 1. The molecule has 1 unspecified atom stereocenters. The molecule has 0 amide bonds. The monoisotopic (exact) mass is 332 g/mol. The fourth-order valence-corrected chi connectivity index (χ4v) is 2.95. The average Bonchev–Trinajstić information content (AvgIpc) is 2.34. The van der Waals surface area contributed by atoms with Crippen LogP contribution in [0.1, 0.15) is 81.2 Å². The third-order valence-corrected chi connectivity index (χ3v) is 4.92. The lowest BCUT2D eigenvalue weighted by atomic mass is 9.61. The number of carbonyl (C=O) groups excluding carboxylic acids is 1. The summed E-state index contributed by atoms with van der Waals surface area (Å²) in [5, 5.41) is 0. The molecule has 0 aliphatic heterocycles. The summed E-state index contributed by atoms with van der Waals surface area (Å²) < 4.78 is 5.78. The van der Waals surface area contributed by atoms with Crippen LogP contribution in [-0.2, 0) is 10.2 Å². The zero-order chi connectivity index (χ0) is 19.0. The first-order valence-corrected chi connectivity index (χ1v) is 8.89. The van der Waals surface area contributed by atoms with E-state index in [0.717, 1.165) is 6.42 Å². The fraction of sp³-hybridized carbons (Fsp3) is 0.682. The van der Waals surface area contributed by atoms with Crippen molar-refractivity contribution in [1.29, 1.82) is 0 Å². The fourth-order valence-electron chi connectivity index (χ4n) is 2.95. The molecule has 0 saturated heterocycles. The second-order valence-corrected chi connectivity index (χ2v) is 10.5. The number of ether oxygens (including phenoxy) is 1. The third-order valence-electron chi connectivity index (χ3n) is 4.92. The molecule has 136 valence electrons. The first-order chi connectivity index (χ1) is 10.6. The van der Waals surface area contributed by atoms with Crippen LogP contribution in [0.25, 0.3) is 0 Å². The Balaban J connectivity index is 3.05. The van der Waals surface area contributed by atoms with Gasteiger partial charge in [-0.1, -0.05) is 74.4 Å². The van der Waals surface area contributed by atoms with Crippen LogP contribution in [0.5, 0.6) is 5.75 Å². The molecule has 1 rings (SSSR count). The van der Waals surface area contributed by atoms with E-state index in [1.165, 1.54) is 5.56 Å². The van der Waals surface area contributed by atoms with E-state index in [4.69, 9.17) is 4.74 Å². The quantitative estimate of drug-likeness (QED) is 0.474. The maximum atomic E-state index is 13.0. The smallest absolute Gasteiger partial charge is 0.317 e. The average molecular weight is 333 g/mol. The van der Waals surface area contributed by atoms with Crippen LogP contribution < -0.4 is 4.74 Å².